The van der Waals surface area contributed by atoms with Crippen LogP contribution in [0.2, 0.25) is 0 Å². The van der Waals surface area contributed by atoms with Crippen LogP contribution in [-0.4, -0.2) is 76.3 Å². The summed E-state index contributed by atoms with van der Waals surface area (Å²) >= 11 is 5.08. The lowest BCUT2D eigenvalue weighted by Gasteiger charge is -2.53. The Morgan fingerprint density at radius 3 is 2.61 bits per heavy atom. The number of benzene rings is 1. The van der Waals surface area contributed by atoms with E-state index in [4.69, 9.17) is 12.2 Å². The summed E-state index contributed by atoms with van der Waals surface area (Å²) < 4.78 is 1.49. The third kappa shape index (κ3) is 3.62. The van der Waals surface area contributed by atoms with Crippen LogP contribution in [0.5, 0.6) is 5.88 Å². The zero-order chi connectivity index (χ0) is 25.8. The number of aromatic nitrogens is 2. The molecule has 0 radical (unpaired) electrons. The minimum Gasteiger partial charge on any atom is -0.494 e. The molecular weight excluding hydrogens is 486 g/mol. The number of fused-ring (bicyclic) bond motifs is 4. The highest BCUT2D eigenvalue weighted by Gasteiger charge is 2.60. The van der Waals surface area contributed by atoms with Gasteiger partial charge in [0.15, 0.2) is 10.2 Å². The monoisotopic (exact) mass is 511 g/mol. The first-order valence-corrected chi connectivity index (χ1v) is 11.9. The normalized spacial score (nSPS) is 21.3. The lowest BCUT2D eigenvalue weighted by molar-refractivity contribution is -0.147. The highest BCUT2D eigenvalue weighted by atomic mass is 32.1. The van der Waals surface area contributed by atoms with E-state index in [-0.39, 0.29) is 22.6 Å². The van der Waals surface area contributed by atoms with Crippen molar-refractivity contribution in [2.75, 3.05) is 31.6 Å². The van der Waals surface area contributed by atoms with Gasteiger partial charge in [-0.1, -0.05) is 0 Å². The third-order valence-electron chi connectivity index (χ3n) is 7.12. The topological polar surface area (TPSA) is 152 Å². The zero-order valence-corrected chi connectivity index (χ0v) is 20.5. The number of likely N-dealkylation sites (N-methyl/N-ethyl adjacent to an activating group) is 1. The summed E-state index contributed by atoms with van der Waals surface area (Å²) in [5, 5.41) is 15.0. The lowest BCUT2D eigenvalue weighted by Crippen LogP contribution is -2.74. The number of nitrogens with one attached hydrogen (secondary N) is 3. The Morgan fingerprint density at radius 1 is 1.19 bits per heavy atom. The molecule has 36 heavy (non-hydrogen) atoms. The van der Waals surface area contributed by atoms with Gasteiger partial charge in [-0.25, -0.2) is 4.79 Å². The van der Waals surface area contributed by atoms with E-state index < -0.39 is 34.9 Å². The molecule has 0 bridgehead atoms. The number of H-pyrrole nitrogens is 1. The third-order valence-corrected chi connectivity index (χ3v) is 7.45. The average Bonchev–Trinajstić information content (AvgIpc) is 2.82. The number of carbonyl (C=O) groups excluding carboxylic acids is 3. The number of imide groups is 2. The number of rotatable bonds is 3. The maximum Gasteiger partial charge on any atom is 0.328 e. The summed E-state index contributed by atoms with van der Waals surface area (Å²) in [5.41, 5.74) is -0.0256. The van der Waals surface area contributed by atoms with E-state index in [0.717, 1.165) is 12.2 Å². The van der Waals surface area contributed by atoms with E-state index in [1.165, 1.54) is 10.8 Å². The molecule has 1 aromatic carbocycles. The molecule has 1 atom stereocenters. The number of carbonyl (C=O) groups is 3. The summed E-state index contributed by atoms with van der Waals surface area (Å²) in [5.74, 6) is -1.52. The van der Waals surface area contributed by atoms with Gasteiger partial charge in [0, 0.05) is 38.1 Å². The first kappa shape index (κ1) is 23.9. The number of nitrogens with zero attached hydrogens (tertiary/aromatic N) is 4. The number of aromatic amines is 1. The molecule has 1 spiro atoms. The number of hydrogen-bond donors (Lipinski definition) is 4. The van der Waals surface area contributed by atoms with E-state index in [2.05, 4.69) is 25.5 Å². The van der Waals surface area contributed by atoms with Gasteiger partial charge >= 0.3 is 6.03 Å². The molecule has 188 valence electrons. The molecule has 13 heteroatoms. The number of anilines is 1. The summed E-state index contributed by atoms with van der Waals surface area (Å²) in [6.45, 7) is 3.97. The van der Waals surface area contributed by atoms with Gasteiger partial charge in [-0.2, -0.15) is 0 Å². The molecule has 3 aliphatic rings. The second-order valence-corrected chi connectivity index (χ2v) is 9.56. The summed E-state index contributed by atoms with van der Waals surface area (Å²) in [6.07, 6.45) is 1.34. The number of aliphatic imine (C=N–C) groups is 1. The van der Waals surface area contributed by atoms with Crippen LogP contribution in [0.25, 0.3) is 0 Å². The first-order chi connectivity index (χ1) is 17.1. The summed E-state index contributed by atoms with van der Waals surface area (Å²) in [4.78, 5) is 61.5. The van der Waals surface area contributed by atoms with E-state index in [0.29, 0.717) is 30.9 Å². The molecule has 5 rings (SSSR count). The van der Waals surface area contributed by atoms with Crippen LogP contribution in [0.15, 0.2) is 28.0 Å². The highest BCUT2D eigenvalue weighted by Crippen LogP contribution is 2.45. The predicted molar refractivity (Wildman–Crippen MR) is 133 cm³/mol. The fourth-order valence-corrected chi connectivity index (χ4v) is 5.58. The van der Waals surface area contributed by atoms with Crippen molar-refractivity contribution in [1.82, 2.24) is 25.1 Å². The molecule has 4 heterocycles. The molecule has 0 saturated carbocycles. The van der Waals surface area contributed by atoms with Crippen LogP contribution in [0.4, 0.5) is 16.2 Å². The largest absolute Gasteiger partial charge is 0.494 e. The van der Waals surface area contributed by atoms with Crippen LogP contribution in [0, 0.1) is 10.2 Å². The number of hydrogen-bond acceptors (Lipinski definition) is 9. The number of aromatic hydroxyl groups is 1. The number of piperazine rings is 1. The minimum absolute atomic E-state index is 0.0386. The Bertz CT molecular complexity index is 1430. The Kier molecular flexibility index (Phi) is 5.75. The van der Waals surface area contributed by atoms with Crippen molar-refractivity contribution in [1.29, 1.82) is 0 Å². The van der Waals surface area contributed by atoms with Crippen molar-refractivity contribution in [3.63, 3.8) is 0 Å². The lowest BCUT2D eigenvalue weighted by atomic mass is 9.68. The first-order valence-electron chi connectivity index (χ1n) is 11.5. The van der Waals surface area contributed by atoms with E-state index in [9.17, 15) is 24.3 Å². The fraction of sp³-hybridized carbons (Fsp3) is 0.391. The fourth-order valence-electron chi connectivity index (χ4n) is 5.27. The van der Waals surface area contributed by atoms with E-state index in [1.54, 1.807) is 19.1 Å². The molecule has 4 N–H and O–H groups in total. The van der Waals surface area contributed by atoms with Crippen LogP contribution in [0.1, 0.15) is 18.1 Å². The van der Waals surface area contributed by atoms with Crippen LogP contribution in [0.3, 0.4) is 0 Å². The second kappa shape index (κ2) is 8.68. The van der Waals surface area contributed by atoms with Crippen molar-refractivity contribution in [3.8, 4) is 5.88 Å². The smallest absolute Gasteiger partial charge is 0.328 e. The standard InChI is InChI=1S/C23H25N7O5S/c1-3-29-18(32)14(17(31)25-22(29)36)10-24-13-4-5-15-12(8-13)9-23(16-11-28(2)6-7-30(15)16)19(33)26-21(35)27-20(23)34/h4-5,8,10,16,32H,3,6-7,9,11H2,1-2H3,(H,25,31,36)(H2,26,27,33,34,35)/t16-/m1/s1. The van der Waals surface area contributed by atoms with Crippen molar-refractivity contribution in [2.24, 2.45) is 10.4 Å². The molecule has 2 fully saturated rings. The van der Waals surface area contributed by atoms with Gasteiger partial charge in [0.25, 0.3) is 5.56 Å². The Balaban J connectivity index is 1.57. The summed E-state index contributed by atoms with van der Waals surface area (Å²) in [6, 6.07) is 4.12. The van der Waals surface area contributed by atoms with Gasteiger partial charge in [-0.05, 0) is 56.4 Å². The van der Waals surface area contributed by atoms with Crippen molar-refractivity contribution in [3.05, 3.63) is 44.5 Å². The molecule has 12 nitrogen and oxygen atoms in total. The summed E-state index contributed by atoms with van der Waals surface area (Å²) in [7, 11) is 1.93. The number of barbiturate groups is 1. The molecule has 4 amide bonds. The van der Waals surface area contributed by atoms with Crippen LogP contribution < -0.4 is 21.1 Å². The maximum atomic E-state index is 13.2. The van der Waals surface area contributed by atoms with E-state index >= 15 is 0 Å². The zero-order valence-electron chi connectivity index (χ0n) is 19.7. The minimum atomic E-state index is -1.49. The van der Waals surface area contributed by atoms with Gasteiger partial charge < -0.3 is 14.9 Å². The quantitative estimate of drug-likeness (QED) is 0.263. The number of amides is 4. The van der Waals surface area contributed by atoms with Gasteiger partial charge in [0.05, 0.1) is 11.7 Å². The van der Waals surface area contributed by atoms with Gasteiger partial charge in [0.1, 0.15) is 5.56 Å². The molecule has 0 unspecified atom stereocenters. The Labute approximate surface area is 210 Å². The van der Waals surface area contributed by atoms with Crippen molar-refractivity contribution in [2.45, 2.75) is 25.9 Å². The molecule has 1 aromatic heterocycles. The average molecular weight is 512 g/mol. The molecule has 3 aliphatic heterocycles. The van der Waals surface area contributed by atoms with E-state index in [1.807, 2.05) is 18.0 Å². The molecular formula is C23H25N7O5S. The van der Waals surface area contributed by atoms with Gasteiger partial charge in [-0.15, -0.1) is 0 Å². The number of urea groups is 1. The van der Waals surface area contributed by atoms with Crippen LogP contribution >= 0.6 is 12.2 Å². The Hall–Kier alpha value is -3.84. The van der Waals surface area contributed by atoms with Gasteiger partial charge in [0.2, 0.25) is 17.7 Å². The molecule has 2 aromatic rings. The molecule has 2 saturated heterocycles. The van der Waals surface area contributed by atoms with Crippen LogP contribution in [-0.2, 0) is 22.6 Å². The Morgan fingerprint density at radius 2 is 1.92 bits per heavy atom. The highest BCUT2D eigenvalue weighted by molar-refractivity contribution is 7.71. The SMILES string of the molecule is CCn1c(O)c(C=Nc2ccc3c(c2)CC2(C(=O)NC(=O)NC2=O)[C@H]2CN(C)CCN32)c(=O)[nH]c1=S. The second-order valence-electron chi connectivity index (χ2n) is 9.17. The predicted octanol–water partition coefficient (Wildman–Crippen LogP) is 0.411. The van der Waals surface area contributed by atoms with Crippen molar-refractivity contribution >= 4 is 47.7 Å². The molecule has 0 aliphatic carbocycles. The maximum absolute atomic E-state index is 13.2. The van der Waals surface area contributed by atoms with Crippen molar-refractivity contribution < 1.29 is 19.5 Å². The van der Waals surface area contributed by atoms with Gasteiger partial charge in [-0.3, -0.25) is 39.6 Å².